The maximum Gasteiger partial charge on any atom is 0.327 e. The molecule has 2 aromatic rings. The van der Waals surface area contributed by atoms with Gasteiger partial charge >= 0.3 is 5.97 Å². The zero-order valence-corrected chi connectivity index (χ0v) is 17.3. The summed E-state index contributed by atoms with van der Waals surface area (Å²) in [7, 11) is 1.39. The number of thiophene rings is 1. The zero-order valence-electron chi connectivity index (χ0n) is 14.2. The van der Waals surface area contributed by atoms with Gasteiger partial charge < -0.3 is 9.64 Å². The van der Waals surface area contributed by atoms with Gasteiger partial charge in [0.25, 0.3) is 5.91 Å². The van der Waals surface area contributed by atoms with E-state index in [9.17, 15) is 9.59 Å². The molecule has 138 valence electrons. The first-order valence-electron chi connectivity index (χ1n) is 8.11. The number of nitrogens with zero attached hydrogens (tertiary/aromatic N) is 2. The van der Waals surface area contributed by atoms with E-state index in [1.807, 2.05) is 33.4 Å². The fourth-order valence-electron chi connectivity index (χ4n) is 3.03. The third-order valence-electron chi connectivity index (χ3n) is 4.39. The Bertz CT molecular complexity index is 788. The Morgan fingerprint density at radius 3 is 2.35 bits per heavy atom. The number of benzene rings is 1. The predicted molar refractivity (Wildman–Crippen MR) is 106 cm³/mol. The van der Waals surface area contributed by atoms with E-state index < -0.39 is 6.04 Å². The number of amides is 1. The van der Waals surface area contributed by atoms with Crippen molar-refractivity contribution in [1.29, 1.82) is 0 Å². The van der Waals surface area contributed by atoms with Crippen molar-refractivity contribution in [3.05, 3.63) is 55.6 Å². The second kappa shape index (κ2) is 8.52. The highest BCUT2D eigenvalue weighted by atomic mass is 79.9. The Kier molecular flexibility index (Phi) is 6.34. The Labute approximate surface area is 169 Å². The van der Waals surface area contributed by atoms with E-state index in [-0.39, 0.29) is 11.9 Å². The number of hydrogen-bond acceptors (Lipinski definition) is 5. The van der Waals surface area contributed by atoms with E-state index in [0.29, 0.717) is 36.1 Å². The first-order valence-corrected chi connectivity index (χ1v) is 10.2. The zero-order chi connectivity index (χ0) is 18.7. The number of esters is 1. The van der Waals surface area contributed by atoms with E-state index in [1.165, 1.54) is 18.4 Å². The van der Waals surface area contributed by atoms with Crippen LogP contribution in [0.3, 0.4) is 0 Å². The van der Waals surface area contributed by atoms with E-state index in [1.54, 1.807) is 12.1 Å². The summed E-state index contributed by atoms with van der Waals surface area (Å²) in [6.07, 6.45) is 0. The Morgan fingerprint density at radius 1 is 1.15 bits per heavy atom. The number of methoxy groups -OCH3 is 1. The SMILES string of the molecule is COC(=O)C(c1ccc(Cl)cc1)N1CCN(C(=O)c2sccc2Br)CC1. The van der Waals surface area contributed by atoms with Crippen LogP contribution < -0.4 is 0 Å². The summed E-state index contributed by atoms with van der Waals surface area (Å²) in [5, 5.41) is 2.51. The number of carbonyl (C=O) groups is 2. The average Bonchev–Trinajstić information content (AvgIpc) is 3.09. The number of rotatable bonds is 4. The quantitative estimate of drug-likeness (QED) is 0.655. The van der Waals surface area contributed by atoms with Gasteiger partial charge in [0.1, 0.15) is 10.9 Å². The molecule has 5 nitrogen and oxygen atoms in total. The second-order valence-electron chi connectivity index (χ2n) is 5.90. The number of hydrogen-bond donors (Lipinski definition) is 0. The van der Waals surface area contributed by atoms with Crippen molar-refractivity contribution in [2.24, 2.45) is 0 Å². The molecule has 1 saturated heterocycles. The smallest absolute Gasteiger partial charge is 0.327 e. The summed E-state index contributed by atoms with van der Waals surface area (Å²) < 4.78 is 5.82. The van der Waals surface area contributed by atoms with Crippen molar-refractivity contribution < 1.29 is 14.3 Å². The van der Waals surface area contributed by atoms with Gasteiger partial charge in [0.2, 0.25) is 0 Å². The lowest BCUT2D eigenvalue weighted by Gasteiger charge is -2.38. The van der Waals surface area contributed by atoms with Crippen LogP contribution in [0.4, 0.5) is 0 Å². The van der Waals surface area contributed by atoms with Crippen LogP contribution in [0, 0.1) is 0 Å². The van der Waals surface area contributed by atoms with Crippen LogP contribution in [0.25, 0.3) is 0 Å². The average molecular weight is 458 g/mol. The van der Waals surface area contributed by atoms with Gasteiger partial charge in [-0.3, -0.25) is 9.69 Å². The molecule has 1 amide bonds. The first kappa shape index (κ1) is 19.4. The third kappa shape index (κ3) is 4.11. The van der Waals surface area contributed by atoms with Gasteiger partial charge in [-0.25, -0.2) is 4.79 Å². The van der Waals surface area contributed by atoms with Gasteiger partial charge in [0.15, 0.2) is 0 Å². The monoisotopic (exact) mass is 456 g/mol. The van der Waals surface area contributed by atoms with Crippen LogP contribution in [-0.2, 0) is 9.53 Å². The fourth-order valence-corrected chi connectivity index (χ4v) is 4.66. The lowest BCUT2D eigenvalue weighted by molar-refractivity contribution is -0.148. The van der Waals surface area contributed by atoms with Gasteiger partial charge in [-0.2, -0.15) is 0 Å². The molecule has 0 radical (unpaired) electrons. The van der Waals surface area contributed by atoms with Crippen molar-refractivity contribution in [1.82, 2.24) is 9.80 Å². The molecule has 1 fully saturated rings. The number of carbonyl (C=O) groups excluding carboxylic acids is 2. The summed E-state index contributed by atoms with van der Waals surface area (Å²) >= 11 is 10.8. The van der Waals surface area contributed by atoms with E-state index in [2.05, 4.69) is 15.9 Å². The molecule has 0 bridgehead atoms. The molecule has 0 spiro atoms. The summed E-state index contributed by atoms with van der Waals surface area (Å²) in [5.41, 5.74) is 0.835. The highest BCUT2D eigenvalue weighted by molar-refractivity contribution is 9.10. The minimum atomic E-state index is -0.497. The highest BCUT2D eigenvalue weighted by Gasteiger charge is 2.33. The second-order valence-corrected chi connectivity index (χ2v) is 8.11. The standard InChI is InChI=1S/C18H18BrClN2O3S/c1-25-18(24)15(12-2-4-13(20)5-3-12)21-7-9-22(10-8-21)17(23)16-14(19)6-11-26-16/h2-6,11,15H,7-10H2,1H3. The normalized spacial score (nSPS) is 16.3. The van der Waals surface area contributed by atoms with E-state index >= 15 is 0 Å². The molecular formula is C18H18BrClN2O3S. The fraction of sp³-hybridized carbons (Fsp3) is 0.333. The summed E-state index contributed by atoms with van der Waals surface area (Å²) in [6.45, 7) is 2.31. The van der Waals surface area contributed by atoms with Gasteiger partial charge in [0, 0.05) is 35.7 Å². The summed E-state index contributed by atoms with van der Waals surface area (Å²) in [6, 6.07) is 8.58. The predicted octanol–water partition coefficient (Wildman–Crippen LogP) is 3.84. The number of ether oxygens (including phenoxy) is 1. The van der Waals surface area contributed by atoms with Crippen molar-refractivity contribution in [3.63, 3.8) is 0 Å². The third-order valence-corrected chi connectivity index (χ3v) is 6.47. The molecule has 1 aromatic carbocycles. The molecule has 1 atom stereocenters. The Morgan fingerprint density at radius 2 is 1.81 bits per heavy atom. The van der Waals surface area contributed by atoms with Gasteiger partial charge in [-0.05, 0) is 45.1 Å². The molecular weight excluding hydrogens is 440 g/mol. The molecule has 26 heavy (non-hydrogen) atoms. The largest absolute Gasteiger partial charge is 0.468 e. The molecule has 1 aromatic heterocycles. The van der Waals surface area contributed by atoms with Crippen molar-refractivity contribution in [3.8, 4) is 0 Å². The highest BCUT2D eigenvalue weighted by Crippen LogP contribution is 2.27. The number of piperazine rings is 1. The van der Waals surface area contributed by atoms with Crippen molar-refractivity contribution in [2.75, 3.05) is 33.3 Å². The lowest BCUT2D eigenvalue weighted by Crippen LogP contribution is -2.51. The Balaban J connectivity index is 1.71. The van der Waals surface area contributed by atoms with Gasteiger partial charge in [0.05, 0.1) is 7.11 Å². The molecule has 0 saturated carbocycles. The maximum atomic E-state index is 12.6. The van der Waals surface area contributed by atoms with Crippen molar-refractivity contribution in [2.45, 2.75) is 6.04 Å². The van der Waals surface area contributed by atoms with Crippen LogP contribution in [0.2, 0.25) is 5.02 Å². The van der Waals surface area contributed by atoms with E-state index in [4.69, 9.17) is 16.3 Å². The topological polar surface area (TPSA) is 49.9 Å². The minimum absolute atomic E-state index is 0.0210. The van der Waals surface area contributed by atoms with Gasteiger partial charge in [-0.1, -0.05) is 23.7 Å². The molecule has 3 rings (SSSR count). The molecule has 1 aliphatic heterocycles. The summed E-state index contributed by atoms with van der Waals surface area (Å²) in [4.78, 5) is 29.6. The molecule has 1 unspecified atom stereocenters. The van der Waals surface area contributed by atoms with Crippen LogP contribution in [0.1, 0.15) is 21.3 Å². The summed E-state index contributed by atoms with van der Waals surface area (Å²) in [5.74, 6) is -0.291. The Hall–Kier alpha value is -1.41. The molecule has 0 N–H and O–H groups in total. The van der Waals surface area contributed by atoms with Crippen LogP contribution >= 0.6 is 38.9 Å². The van der Waals surface area contributed by atoms with Gasteiger partial charge in [-0.15, -0.1) is 11.3 Å². The van der Waals surface area contributed by atoms with E-state index in [0.717, 1.165) is 10.0 Å². The van der Waals surface area contributed by atoms with Crippen molar-refractivity contribution >= 4 is 50.7 Å². The van der Waals surface area contributed by atoms with Crippen LogP contribution in [0.15, 0.2) is 40.2 Å². The molecule has 1 aliphatic rings. The van der Waals surface area contributed by atoms with Crippen LogP contribution in [0.5, 0.6) is 0 Å². The van der Waals surface area contributed by atoms with Crippen LogP contribution in [-0.4, -0.2) is 55.0 Å². The first-order chi connectivity index (χ1) is 12.5. The molecule has 0 aliphatic carbocycles. The molecule has 2 heterocycles. The lowest BCUT2D eigenvalue weighted by atomic mass is 10.0. The minimum Gasteiger partial charge on any atom is -0.468 e. The molecule has 8 heteroatoms. The maximum absolute atomic E-state index is 12.6. The number of halogens is 2.